The van der Waals surface area contributed by atoms with E-state index < -0.39 is 0 Å². The summed E-state index contributed by atoms with van der Waals surface area (Å²) in [5, 5.41) is 6.12. The molecule has 0 aliphatic heterocycles. The number of hydrogen-bond donors (Lipinski definition) is 2. The number of pyridine rings is 1. The third-order valence-corrected chi connectivity index (χ3v) is 3.41. The molecule has 4 nitrogen and oxygen atoms in total. The van der Waals surface area contributed by atoms with Crippen LogP contribution in [-0.4, -0.2) is 24.0 Å². The van der Waals surface area contributed by atoms with E-state index in [1.54, 1.807) is 18.3 Å². The average molecular weight is 247 g/mol. The predicted molar refractivity (Wildman–Crippen MR) is 72.7 cm³/mol. The molecule has 2 N–H and O–H groups in total. The molecule has 0 atom stereocenters. The van der Waals surface area contributed by atoms with Crippen LogP contribution in [0.5, 0.6) is 0 Å². The van der Waals surface area contributed by atoms with Gasteiger partial charge in [0.1, 0.15) is 5.82 Å². The lowest BCUT2D eigenvalue weighted by Gasteiger charge is -2.11. The number of amides is 1. The van der Waals surface area contributed by atoms with Crippen molar-refractivity contribution in [3.8, 4) is 0 Å². The first-order chi connectivity index (χ1) is 8.79. The minimum absolute atomic E-state index is 0.00320. The smallest absolute Gasteiger partial charge is 0.251 e. The highest BCUT2D eigenvalue weighted by Gasteiger charge is 2.16. The molecule has 1 aliphatic rings. The summed E-state index contributed by atoms with van der Waals surface area (Å²) in [6.45, 7) is 3.62. The minimum Gasteiger partial charge on any atom is -0.370 e. The third-order valence-electron chi connectivity index (χ3n) is 3.41. The number of anilines is 1. The summed E-state index contributed by atoms with van der Waals surface area (Å²) in [5.74, 6) is 1.43. The van der Waals surface area contributed by atoms with Gasteiger partial charge in [-0.05, 0) is 37.8 Å². The van der Waals surface area contributed by atoms with Crippen LogP contribution in [0.3, 0.4) is 0 Å². The number of nitrogens with zero attached hydrogens (tertiary/aromatic N) is 1. The van der Waals surface area contributed by atoms with E-state index in [-0.39, 0.29) is 5.91 Å². The number of nitrogens with one attached hydrogen (secondary N) is 2. The van der Waals surface area contributed by atoms with Crippen LogP contribution < -0.4 is 10.6 Å². The summed E-state index contributed by atoms with van der Waals surface area (Å²) >= 11 is 0. The van der Waals surface area contributed by atoms with E-state index in [0.29, 0.717) is 11.5 Å². The van der Waals surface area contributed by atoms with Gasteiger partial charge in [0.25, 0.3) is 5.91 Å². The number of aromatic nitrogens is 1. The zero-order chi connectivity index (χ0) is 12.8. The van der Waals surface area contributed by atoms with Crippen LogP contribution in [0.25, 0.3) is 0 Å². The van der Waals surface area contributed by atoms with Gasteiger partial charge < -0.3 is 10.6 Å². The Morgan fingerprint density at radius 3 is 2.94 bits per heavy atom. The fraction of sp³-hybridized carbons (Fsp3) is 0.571. The normalized spacial score (nSPS) is 15.6. The molecule has 1 fully saturated rings. The second-order valence-corrected chi connectivity index (χ2v) is 4.82. The van der Waals surface area contributed by atoms with Crippen LogP contribution in [0.2, 0.25) is 0 Å². The zero-order valence-corrected chi connectivity index (χ0v) is 10.9. The third kappa shape index (κ3) is 3.45. The Kier molecular flexibility index (Phi) is 4.56. The van der Waals surface area contributed by atoms with Crippen molar-refractivity contribution in [2.45, 2.75) is 32.6 Å². The van der Waals surface area contributed by atoms with Gasteiger partial charge in [-0.2, -0.15) is 0 Å². The van der Waals surface area contributed by atoms with Crippen molar-refractivity contribution in [2.75, 3.05) is 18.4 Å². The Morgan fingerprint density at radius 1 is 1.44 bits per heavy atom. The molecule has 0 bridgehead atoms. The van der Waals surface area contributed by atoms with Gasteiger partial charge in [-0.3, -0.25) is 4.79 Å². The maximum Gasteiger partial charge on any atom is 0.251 e. The van der Waals surface area contributed by atoms with Crippen LogP contribution in [0, 0.1) is 5.92 Å². The largest absolute Gasteiger partial charge is 0.370 e. The highest BCUT2D eigenvalue weighted by atomic mass is 16.1. The second kappa shape index (κ2) is 6.38. The Labute approximate surface area is 108 Å². The molecule has 0 aromatic carbocycles. The SMILES string of the molecule is CCNc1cc(C(=O)NCC2CCCC2)ccn1. The van der Waals surface area contributed by atoms with Crippen molar-refractivity contribution in [1.29, 1.82) is 0 Å². The summed E-state index contributed by atoms with van der Waals surface area (Å²) in [4.78, 5) is 16.1. The van der Waals surface area contributed by atoms with Gasteiger partial charge in [0.2, 0.25) is 0 Å². The molecular weight excluding hydrogens is 226 g/mol. The molecule has 1 aromatic rings. The van der Waals surface area contributed by atoms with Gasteiger partial charge in [-0.15, -0.1) is 0 Å². The molecule has 1 amide bonds. The monoisotopic (exact) mass is 247 g/mol. The molecule has 4 heteroatoms. The van der Waals surface area contributed by atoms with E-state index in [1.165, 1.54) is 25.7 Å². The molecule has 1 heterocycles. The molecule has 1 aromatic heterocycles. The van der Waals surface area contributed by atoms with Gasteiger partial charge in [0, 0.05) is 24.8 Å². The first-order valence-electron chi connectivity index (χ1n) is 6.77. The van der Waals surface area contributed by atoms with Crippen molar-refractivity contribution in [3.05, 3.63) is 23.9 Å². The molecule has 0 saturated heterocycles. The first-order valence-corrected chi connectivity index (χ1v) is 6.77. The van der Waals surface area contributed by atoms with Crippen molar-refractivity contribution in [3.63, 3.8) is 0 Å². The summed E-state index contributed by atoms with van der Waals surface area (Å²) in [5.41, 5.74) is 0.680. The fourth-order valence-corrected chi connectivity index (χ4v) is 2.40. The number of carbonyl (C=O) groups is 1. The number of carbonyl (C=O) groups excluding carboxylic acids is 1. The Balaban J connectivity index is 1.89. The summed E-state index contributed by atoms with van der Waals surface area (Å²) in [6.07, 6.45) is 6.78. The number of rotatable bonds is 5. The Morgan fingerprint density at radius 2 is 2.22 bits per heavy atom. The van der Waals surface area contributed by atoms with Crippen LogP contribution in [0.4, 0.5) is 5.82 Å². The molecule has 98 valence electrons. The summed E-state index contributed by atoms with van der Waals surface area (Å²) in [6, 6.07) is 3.55. The van der Waals surface area contributed by atoms with E-state index in [9.17, 15) is 4.79 Å². The quantitative estimate of drug-likeness (QED) is 0.840. The van der Waals surface area contributed by atoms with Gasteiger partial charge in [0.05, 0.1) is 0 Å². The fourth-order valence-electron chi connectivity index (χ4n) is 2.40. The zero-order valence-electron chi connectivity index (χ0n) is 10.9. The maximum atomic E-state index is 12.0. The van der Waals surface area contributed by atoms with Crippen LogP contribution in [0.1, 0.15) is 43.0 Å². The lowest BCUT2D eigenvalue weighted by atomic mass is 10.1. The molecule has 18 heavy (non-hydrogen) atoms. The second-order valence-electron chi connectivity index (χ2n) is 4.82. The van der Waals surface area contributed by atoms with Gasteiger partial charge in [0.15, 0.2) is 0 Å². The Hall–Kier alpha value is -1.58. The Bertz CT molecular complexity index is 400. The summed E-state index contributed by atoms with van der Waals surface area (Å²) < 4.78 is 0. The predicted octanol–water partition coefficient (Wildman–Crippen LogP) is 2.43. The average Bonchev–Trinajstić information content (AvgIpc) is 2.90. The van der Waals surface area contributed by atoms with Crippen LogP contribution in [-0.2, 0) is 0 Å². The van der Waals surface area contributed by atoms with E-state index in [1.807, 2.05) is 6.92 Å². The molecular formula is C14H21N3O. The van der Waals surface area contributed by atoms with E-state index in [4.69, 9.17) is 0 Å². The van der Waals surface area contributed by atoms with E-state index in [2.05, 4.69) is 15.6 Å². The van der Waals surface area contributed by atoms with Crippen molar-refractivity contribution in [1.82, 2.24) is 10.3 Å². The minimum atomic E-state index is 0.00320. The molecule has 0 unspecified atom stereocenters. The molecule has 1 aliphatic carbocycles. The number of hydrogen-bond acceptors (Lipinski definition) is 3. The topological polar surface area (TPSA) is 54.0 Å². The lowest BCUT2D eigenvalue weighted by molar-refractivity contribution is 0.0947. The highest BCUT2D eigenvalue weighted by molar-refractivity contribution is 5.94. The first kappa shape index (κ1) is 12.9. The van der Waals surface area contributed by atoms with Gasteiger partial charge in [-0.1, -0.05) is 12.8 Å². The van der Waals surface area contributed by atoms with E-state index >= 15 is 0 Å². The van der Waals surface area contributed by atoms with Crippen molar-refractivity contribution < 1.29 is 4.79 Å². The molecule has 0 radical (unpaired) electrons. The molecule has 1 saturated carbocycles. The van der Waals surface area contributed by atoms with Gasteiger partial charge >= 0.3 is 0 Å². The van der Waals surface area contributed by atoms with Gasteiger partial charge in [-0.25, -0.2) is 4.98 Å². The van der Waals surface area contributed by atoms with Crippen molar-refractivity contribution >= 4 is 11.7 Å². The standard InChI is InChI=1S/C14H21N3O/c1-2-15-13-9-12(7-8-16-13)14(18)17-10-11-5-3-4-6-11/h7-9,11H,2-6,10H2,1H3,(H,15,16)(H,17,18). The lowest BCUT2D eigenvalue weighted by Crippen LogP contribution is -2.28. The van der Waals surface area contributed by atoms with Crippen LogP contribution in [0.15, 0.2) is 18.3 Å². The molecule has 2 rings (SSSR count). The van der Waals surface area contributed by atoms with Crippen LogP contribution >= 0.6 is 0 Å². The summed E-state index contributed by atoms with van der Waals surface area (Å²) in [7, 11) is 0. The highest BCUT2D eigenvalue weighted by Crippen LogP contribution is 2.23. The van der Waals surface area contributed by atoms with Crippen molar-refractivity contribution in [2.24, 2.45) is 5.92 Å². The van der Waals surface area contributed by atoms with E-state index in [0.717, 1.165) is 18.9 Å². The maximum absolute atomic E-state index is 12.0. The molecule has 0 spiro atoms.